The first-order chi connectivity index (χ1) is 9.38. The third-order valence-electron chi connectivity index (χ3n) is 3.73. The molecule has 0 aliphatic carbocycles. The number of fused-ring (bicyclic) bond motifs is 1. The van der Waals surface area contributed by atoms with Crippen molar-refractivity contribution in [3.8, 4) is 0 Å². The molecule has 0 saturated carbocycles. The highest BCUT2D eigenvalue weighted by Crippen LogP contribution is 2.24. The Kier molecular flexibility index (Phi) is 3.85. The molecule has 1 aliphatic heterocycles. The summed E-state index contributed by atoms with van der Waals surface area (Å²) >= 11 is 5.80. The lowest BCUT2D eigenvalue weighted by molar-refractivity contribution is 0.272. The van der Waals surface area contributed by atoms with Crippen LogP contribution in [0, 0.1) is 0 Å². The Morgan fingerprint density at radius 1 is 1.05 bits per heavy atom. The van der Waals surface area contributed by atoms with Crippen molar-refractivity contribution in [3.05, 3.63) is 36.5 Å². The number of aromatic nitrogens is 1. The van der Waals surface area contributed by atoms with Crippen LogP contribution < -0.4 is 4.90 Å². The lowest BCUT2D eigenvalue weighted by atomic mass is 10.1. The first-order valence-corrected chi connectivity index (χ1v) is 7.29. The number of nitrogens with zero attached hydrogens (tertiary/aromatic N) is 3. The van der Waals surface area contributed by atoms with Gasteiger partial charge in [0.15, 0.2) is 0 Å². The maximum Gasteiger partial charge on any atom is 0.136 e. The van der Waals surface area contributed by atoms with E-state index in [9.17, 15) is 0 Å². The van der Waals surface area contributed by atoms with Crippen LogP contribution in [0.4, 0.5) is 5.82 Å². The molecule has 4 heteroatoms. The molecular formula is C15H18ClN3. The zero-order valence-electron chi connectivity index (χ0n) is 10.9. The summed E-state index contributed by atoms with van der Waals surface area (Å²) in [5.41, 5.74) is 0. The van der Waals surface area contributed by atoms with Gasteiger partial charge in [-0.15, -0.1) is 11.6 Å². The normalized spacial score (nSPS) is 17.0. The number of rotatable bonds is 3. The lowest BCUT2D eigenvalue weighted by Gasteiger charge is -2.35. The summed E-state index contributed by atoms with van der Waals surface area (Å²) in [7, 11) is 0. The topological polar surface area (TPSA) is 19.4 Å². The number of hydrogen-bond donors (Lipinski definition) is 0. The molecule has 100 valence electrons. The summed E-state index contributed by atoms with van der Waals surface area (Å²) in [5, 5.41) is 2.51. The molecule has 1 saturated heterocycles. The van der Waals surface area contributed by atoms with Crippen molar-refractivity contribution in [2.75, 3.05) is 43.5 Å². The fraction of sp³-hybridized carbons (Fsp3) is 0.400. The zero-order valence-corrected chi connectivity index (χ0v) is 11.7. The summed E-state index contributed by atoms with van der Waals surface area (Å²) in [6.45, 7) is 5.17. The number of pyridine rings is 1. The van der Waals surface area contributed by atoms with Crippen LogP contribution >= 0.6 is 11.6 Å². The fourth-order valence-corrected chi connectivity index (χ4v) is 2.90. The van der Waals surface area contributed by atoms with Crippen molar-refractivity contribution in [1.82, 2.24) is 9.88 Å². The molecule has 0 atom stereocenters. The van der Waals surface area contributed by atoms with Crippen molar-refractivity contribution in [3.63, 3.8) is 0 Å². The van der Waals surface area contributed by atoms with Gasteiger partial charge in [-0.3, -0.25) is 4.90 Å². The van der Waals surface area contributed by atoms with Crippen LogP contribution in [-0.2, 0) is 0 Å². The Bertz CT molecular complexity index is 545. The number of benzene rings is 1. The third-order valence-corrected chi connectivity index (χ3v) is 3.89. The molecule has 3 nitrogen and oxygen atoms in total. The minimum absolute atomic E-state index is 0.715. The summed E-state index contributed by atoms with van der Waals surface area (Å²) in [6.07, 6.45) is 1.91. The Hall–Kier alpha value is -1.32. The smallest absolute Gasteiger partial charge is 0.136 e. The number of anilines is 1. The third kappa shape index (κ3) is 2.67. The van der Waals surface area contributed by atoms with Crippen molar-refractivity contribution in [1.29, 1.82) is 0 Å². The summed E-state index contributed by atoms with van der Waals surface area (Å²) < 4.78 is 0. The molecular weight excluding hydrogens is 258 g/mol. The second-order valence-electron chi connectivity index (χ2n) is 4.87. The zero-order chi connectivity index (χ0) is 13.1. The van der Waals surface area contributed by atoms with E-state index < -0.39 is 0 Å². The molecule has 1 aromatic carbocycles. The van der Waals surface area contributed by atoms with Crippen molar-refractivity contribution >= 4 is 28.2 Å². The molecule has 0 N–H and O–H groups in total. The average Bonchev–Trinajstić information content (AvgIpc) is 2.48. The van der Waals surface area contributed by atoms with E-state index in [1.807, 2.05) is 6.20 Å². The second-order valence-corrected chi connectivity index (χ2v) is 5.25. The van der Waals surface area contributed by atoms with E-state index >= 15 is 0 Å². The van der Waals surface area contributed by atoms with Crippen LogP contribution in [0.5, 0.6) is 0 Å². The van der Waals surface area contributed by atoms with Crippen LogP contribution in [0.25, 0.3) is 10.8 Å². The van der Waals surface area contributed by atoms with E-state index in [1.165, 1.54) is 10.8 Å². The number of hydrogen-bond acceptors (Lipinski definition) is 3. The second kappa shape index (κ2) is 5.76. The van der Waals surface area contributed by atoms with E-state index in [4.69, 9.17) is 11.6 Å². The first kappa shape index (κ1) is 12.7. The van der Waals surface area contributed by atoms with Gasteiger partial charge in [0.2, 0.25) is 0 Å². The Morgan fingerprint density at radius 3 is 2.63 bits per heavy atom. The minimum atomic E-state index is 0.715. The summed E-state index contributed by atoms with van der Waals surface area (Å²) in [4.78, 5) is 9.38. The lowest BCUT2D eigenvalue weighted by Crippen LogP contribution is -2.47. The molecule has 2 aromatic rings. The molecule has 0 spiro atoms. The van der Waals surface area contributed by atoms with Crippen LogP contribution in [0.15, 0.2) is 36.5 Å². The highest BCUT2D eigenvalue weighted by molar-refractivity contribution is 6.18. The van der Waals surface area contributed by atoms with E-state index in [1.54, 1.807) is 0 Å². The van der Waals surface area contributed by atoms with E-state index in [-0.39, 0.29) is 0 Å². The minimum Gasteiger partial charge on any atom is -0.354 e. The average molecular weight is 276 g/mol. The molecule has 0 amide bonds. The van der Waals surface area contributed by atoms with Crippen LogP contribution in [-0.4, -0.2) is 48.5 Å². The van der Waals surface area contributed by atoms with Gasteiger partial charge in [0, 0.05) is 50.2 Å². The Balaban J connectivity index is 1.82. The SMILES string of the molecule is ClCCN1CCN(c2nccc3ccccc23)CC1. The number of halogens is 1. The van der Waals surface area contributed by atoms with Gasteiger partial charge in [-0.1, -0.05) is 24.3 Å². The van der Waals surface area contributed by atoms with Gasteiger partial charge in [-0.05, 0) is 11.5 Å². The van der Waals surface area contributed by atoms with Crippen molar-refractivity contribution < 1.29 is 0 Å². The maximum atomic E-state index is 5.80. The predicted octanol–water partition coefficient (Wildman–Crippen LogP) is 2.60. The fourth-order valence-electron chi connectivity index (χ4n) is 2.66. The largest absolute Gasteiger partial charge is 0.354 e. The standard InChI is InChI=1S/C15H18ClN3/c16-6-8-18-9-11-19(12-10-18)15-14-4-2-1-3-13(14)5-7-17-15/h1-5,7H,6,8-12H2. The van der Waals surface area contributed by atoms with Gasteiger partial charge in [-0.2, -0.15) is 0 Å². The molecule has 1 fully saturated rings. The van der Waals surface area contributed by atoms with Crippen LogP contribution in [0.1, 0.15) is 0 Å². The van der Waals surface area contributed by atoms with Crippen LogP contribution in [0.3, 0.4) is 0 Å². The Labute approximate surface area is 118 Å². The molecule has 19 heavy (non-hydrogen) atoms. The number of alkyl halides is 1. The molecule has 0 radical (unpaired) electrons. The van der Waals surface area contributed by atoms with Gasteiger partial charge >= 0.3 is 0 Å². The van der Waals surface area contributed by atoms with E-state index in [2.05, 4.69) is 45.1 Å². The van der Waals surface area contributed by atoms with Gasteiger partial charge in [0.1, 0.15) is 5.82 Å². The maximum absolute atomic E-state index is 5.80. The van der Waals surface area contributed by atoms with Crippen molar-refractivity contribution in [2.24, 2.45) is 0 Å². The molecule has 1 aromatic heterocycles. The van der Waals surface area contributed by atoms with Crippen molar-refractivity contribution in [2.45, 2.75) is 0 Å². The predicted molar refractivity (Wildman–Crippen MR) is 81.1 cm³/mol. The van der Waals surface area contributed by atoms with Gasteiger partial charge in [0.05, 0.1) is 0 Å². The molecule has 1 aliphatic rings. The van der Waals surface area contributed by atoms with Gasteiger partial charge in [0.25, 0.3) is 0 Å². The first-order valence-electron chi connectivity index (χ1n) is 6.75. The number of piperazine rings is 1. The molecule has 0 unspecified atom stereocenters. The van der Waals surface area contributed by atoms with E-state index in [0.29, 0.717) is 5.88 Å². The summed E-state index contributed by atoms with van der Waals surface area (Å²) in [6, 6.07) is 10.5. The monoisotopic (exact) mass is 275 g/mol. The highest BCUT2D eigenvalue weighted by Gasteiger charge is 2.18. The molecule has 3 rings (SSSR count). The van der Waals surface area contributed by atoms with Gasteiger partial charge < -0.3 is 4.90 Å². The summed E-state index contributed by atoms with van der Waals surface area (Å²) in [5.74, 6) is 1.83. The Morgan fingerprint density at radius 2 is 1.84 bits per heavy atom. The van der Waals surface area contributed by atoms with E-state index in [0.717, 1.165) is 38.5 Å². The van der Waals surface area contributed by atoms with Gasteiger partial charge in [-0.25, -0.2) is 4.98 Å². The molecule has 0 bridgehead atoms. The quantitative estimate of drug-likeness (QED) is 0.803. The van der Waals surface area contributed by atoms with Crippen LogP contribution in [0.2, 0.25) is 0 Å². The highest BCUT2D eigenvalue weighted by atomic mass is 35.5. The molecule has 2 heterocycles.